The summed E-state index contributed by atoms with van der Waals surface area (Å²) in [6.45, 7) is 4.97. The van der Waals surface area contributed by atoms with Crippen molar-refractivity contribution in [2.75, 3.05) is 5.32 Å². The highest BCUT2D eigenvalue weighted by Gasteiger charge is 2.28. The number of nitrogens with zero attached hydrogens (tertiary/aromatic N) is 1. The number of aryl methyl sites for hydroxylation is 2. The van der Waals surface area contributed by atoms with Gasteiger partial charge in [-0.25, -0.2) is 8.42 Å². The number of aromatic nitrogens is 1. The number of anilines is 1. The van der Waals surface area contributed by atoms with Crippen LogP contribution in [0.1, 0.15) is 23.8 Å². The number of carbonyl (C=O) groups is 1. The van der Waals surface area contributed by atoms with E-state index in [4.69, 9.17) is 4.52 Å². The Morgan fingerprint density at radius 2 is 1.91 bits per heavy atom. The molecule has 0 saturated carbocycles. The molecule has 0 spiro atoms. The van der Waals surface area contributed by atoms with Crippen molar-refractivity contribution in [3.63, 3.8) is 0 Å². The highest BCUT2D eigenvalue weighted by atomic mass is 32.2. The van der Waals surface area contributed by atoms with E-state index in [0.717, 1.165) is 5.56 Å². The van der Waals surface area contributed by atoms with Gasteiger partial charge in [-0.1, -0.05) is 35.0 Å². The summed E-state index contributed by atoms with van der Waals surface area (Å²) in [5.41, 5.74) is 1.70. The summed E-state index contributed by atoms with van der Waals surface area (Å²) in [6.07, 6.45) is 0. The van der Waals surface area contributed by atoms with Gasteiger partial charge in [0.2, 0.25) is 5.91 Å². The Hall–Kier alpha value is -2.15. The lowest BCUT2D eigenvalue weighted by Crippen LogP contribution is -2.33. The third-order valence-corrected chi connectivity index (χ3v) is 5.30. The topological polar surface area (TPSA) is 89.3 Å². The lowest BCUT2D eigenvalue weighted by Gasteiger charge is -2.12. The Kier molecular flexibility index (Phi) is 4.65. The van der Waals surface area contributed by atoms with Gasteiger partial charge in [0.05, 0.1) is 5.75 Å². The van der Waals surface area contributed by atoms with Crippen molar-refractivity contribution >= 4 is 21.6 Å². The Labute approximate surface area is 129 Å². The highest BCUT2D eigenvalue weighted by molar-refractivity contribution is 7.92. The number of sulfone groups is 1. The van der Waals surface area contributed by atoms with Crippen LogP contribution in [0, 0.1) is 13.8 Å². The van der Waals surface area contributed by atoms with Crippen LogP contribution >= 0.6 is 0 Å². The molecule has 0 unspecified atom stereocenters. The molecule has 0 saturated heterocycles. The summed E-state index contributed by atoms with van der Waals surface area (Å²) < 4.78 is 29.5. The van der Waals surface area contributed by atoms with Crippen LogP contribution in [0.5, 0.6) is 0 Å². The molecule has 6 nitrogen and oxygen atoms in total. The number of hydrogen-bond donors (Lipinski definition) is 1. The van der Waals surface area contributed by atoms with Gasteiger partial charge >= 0.3 is 0 Å². The van der Waals surface area contributed by atoms with Crippen LogP contribution in [0.4, 0.5) is 5.82 Å². The first kappa shape index (κ1) is 16.2. The van der Waals surface area contributed by atoms with Crippen molar-refractivity contribution in [3.8, 4) is 0 Å². The van der Waals surface area contributed by atoms with Gasteiger partial charge in [0.25, 0.3) is 0 Å². The van der Waals surface area contributed by atoms with Gasteiger partial charge in [0, 0.05) is 6.07 Å². The number of rotatable bonds is 5. The lowest BCUT2D eigenvalue weighted by molar-refractivity contribution is -0.115. The van der Waals surface area contributed by atoms with E-state index in [-0.39, 0.29) is 11.6 Å². The molecule has 1 aromatic carbocycles. The molecule has 2 rings (SSSR count). The van der Waals surface area contributed by atoms with E-state index in [2.05, 4.69) is 10.5 Å². The smallest absolute Gasteiger partial charge is 0.243 e. The molecule has 2 aromatic rings. The zero-order valence-electron chi connectivity index (χ0n) is 12.7. The minimum atomic E-state index is -3.61. The Balaban J connectivity index is 2.07. The first-order valence-electron chi connectivity index (χ1n) is 6.79. The lowest BCUT2D eigenvalue weighted by atomic mass is 10.2. The quantitative estimate of drug-likeness (QED) is 0.912. The maximum absolute atomic E-state index is 12.3. The molecule has 0 aliphatic carbocycles. The van der Waals surface area contributed by atoms with Crippen LogP contribution < -0.4 is 5.32 Å². The van der Waals surface area contributed by atoms with Gasteiger partial charge in [-0.3, -0.25) is 4.79 Å². The van der Waals surface area contributed by atoms with Crippen LogP contribution in [-0.2, 0) is 20.4 Å². The molecule has 0 bridgehead atoms. The molecule has 1 aromatic heterocycles. The number of carbonyl (C=O) groups excluding carboxylic acids is 1. The number of hydrogen-bond acceptors (Lipinski definition) is 5. The van der Waals surface area contributed by atoms with Crippen molar-refractivity contribution in [1.29, 1.82) is 0 Å². The maximum Gasteiger partial charge on any atom is 0.243 e. The summed E-state index contributed by atoms with van der Waals surface area (Å²) in [4.78, 5) is 12.0. The van der Waals surface area contributed by atoms with E-state index < -0.39 is 21.0 Å². The maximum atomic E-state index is 12.3. The molecule has 1 N–H and O–H groups in total. The molecular weight excluding hydrogens is 304 g/mol. The molecule has 1 atom stereocenters. The summed E-state index contributed by atoms with van der Waals surface area (Å²) >= 11 is 0. The molecule has 118 valence electrons. The first-order valence-corrected chi connectivity index (χ1v) is 8.51. The minimum absolute atomic E-state index is 0.181. The highest BCUT2D eigenvalue weighted by Crippen LogP contribution is 2.15. The van der Waals surface area contributed by atoms with E-state index >= 15 is 0 Å². The summed E-state index contributed by atoms with van der Waals surface area (Å²) in [5, 5.41) is 4.88. The van der Waals surface area contributed by atoms with Gasteiger partial charge in [-0.2, -0.15) is 0 Å². The van der Waals surface area contributed by atoms with Crippen molar-refractivity contribution < 1.29 is 17.7 Å². The van der Waals surface area contributed by atoms with Gasteiger partial charge in [0.1, 0.15) is 11.0 Å². The number of benzene rings is 1. The van der Waals surface area contributed by atoms with Crippen molar-refractivity contribution in [3.05, 3.63) is 47.2 Å². The van der Waals surface area contributed by atoms with Gasteiger partial charge in [-0.15, -0.1) is 0 Å². The molecule has 0 fully saturated rings. The zero-order chi connectivity index (χ0) is 16.3. The standard InChI is InChI=1S/C15H18N2O4S/c1-10-4-6-13(7-5-10)9-22(19,20)12(3)15(18)16-14-8-11(2)21-17-14/h4-8,12H,9H2,1-3H3,(H,16,17,18)/t12-/m1/s1. The average molecular weight is 322 g/mol. The third kappa shape index (κ3) is 3.94. The zero-order valence-corrected chi connectivity index (χ0v) is 13.5. The summed E-state index contributed by atoms with van der Waals surface area (Å²) in [7, 11) is -3.61. The van der Waals surface area contributed by atoms with E-state index in [1.807, 2.05) is 19.1 Å². The van der Waals surface area contributed by atoms with E-state index in [1.165, 1.54) is 13.0 Å². The van der Waals surface area contributed by atoms with Gasteiger partial charge < -0.3 is 9.84 Å². The molecule has 0 radical (unpaired) electrons. The van der Waals surface area contributed by atoms with Crippen molar-refractivity contribution in [1.82, 2.24) is 5.16 Å². The molecule has 1 heterocycles. The second kappa shape index (κ2) is 6.31. The summed E-state index contributed by atoms with van der Waals surface area (Å²) in [5.74, 6) is -0.0644. The number of nitrogens with one attached hydrogen (secondary N) is 1. The van der Waals surface area contributed by atoms with Gasteiger partial charge in [0.15, 0.2) is 15.7 Å². The van der Waals surface area contributed by atoms with Crippen LogP contribution in [0.2, 0.25) is 0 Å². The monoisotopic (exact) mass is 322 g/mol. The Bertz CT molecular complexity index is 763. The molecular formula is C15H18N2O4S. The predicted molar refractivity (Wildman–Crippen MR) is 83.1 cm³/mol. The molecule has 7 heteroatoms. The minimum Gasteiger partial charge on any atom is -0.360 e. The number of amides is 1. The Morgan fingerprint density at radius 1 is 1.27 bits per heavy atom. The van der Waals surface area contributed by atoms with E-state index in [0.29, 0.717) is 11.3 Å². The summed E-state index contributed by atoms with van der Waals surface area (Å²) in [6, 6.07) is 8.70. The van der Waals surface area contributed by atoms with Crippen molar-refractivity contribution in [2.45, 2.75) is 31.8 Å². The predicted octanol–water partition coefficient (Wildman–Crippen LogP) is 2.23. The molecule has 0 aliphatic heterocycles. The second-order valence-corrected chi connectivity index (χ2v) is 7.57. The van der Waals surface area contributed by atoms with Gasteiger partial charge in [-0.05, 0) is 26.3 Å². The molecule has 1 amide bonds. The van der Waals surface area contributed by atoms with Crippen LogP contribution in [0.15, 0.2) is 34.9 Å². The Morgan fingerprint density at radius 3 is 2.45 bits per heavy atom. The van der Waals surface area contributed by atoms with E-state index in [9.17, 15) is 13.2 Å². The largest absolute Gasteiger partial charge is 0.360 e. The molecule has 22 heavy (non-hydrogen) atoms. The van der Waals surface area contributed by atoms with Crippen molar-refractivity contribution in [2.24, 2.45) is 0 Å². The second-order valence-electron chi connectivity index (χ2n) is 5.25. The van der Waals surface area contributed by atoms with Crippen LogP contribution in [0.25, 0.3) is 0 Å². The van der Waals surface area contributed by atoms with Crippen LogP contribution in [-0.4, -0.2) is 24.7 Å². The fourth-order valence-corrected chi connectivity index (χ4v) is 3.15. The van der Waals surface area contributed by atoms with E-state index in [1.54, 1.807) is 19.1 Å². The average Bonchev–Trinajstić information content (AvgIpc) is 2.85. The molecule has 0 aliphatic rings. The van der Waals surface area contributed by atoms with Crippen LogP contribution in [0.3, 0.4) is 0 Å². The fraction of sp³-hybridized carbons (Fsp3) is 0.333. The normalized spacial score (nSPS) is 12.9. The third-order valence-electron chi connectivity index (χ3n) is 3.28. The SMILES string of the molecule is Cc1ccc(CS(=O)(=O)[C@H](C)C(=O)Nc2cc(C)on2)cc1. The first-order chi connectivity index (χ1) is 10.3. The fourth-order valence-electron chi connectivity index (χ4n) is 1.86.